The average Bonchev–Trinajstić information content (AvgIpc) is 1.69. The molecule has 0 spiro atoms. The zero-order valence-electron chi connectivity index (χ0n) is 4.09. The van der Waals surface area contributed by atoms with Crippen LogP contribution in [0.4, 0.5) is 0 Å². The second-order valence-corrected chi connectivity index (χ2v) is 1.48. The van der Waals surface area contributed by atoms with Crippen molar-refractivity contribution in [2.24, 2.45) is 4.99 Å². The van der Waals surface area contributed by atoms with E-state index in [4.69, 9.17) is 0 Å². The number of hydrogen-bond acceptors (Lipinski definition) is 1. The number of hydrogen-bond donors (Lipinski definition) is 0. The monoisotopic (exact) mass is 93.1 g/mol. The van der Waals surface area contributed by atoms with Crippen LogP contribution in [-0.4, -0.2) is 6.21 Å². The Morgan fingerprint density at radius 1 is 1.71 bits per heavy atom. The standard InChI is InChI=1S/C6H7N/c1-6-4-2-3-5-7-6/h2-3,5H,1,4H2. The Hall–Kier alpha value is -0.850. The molecule has 0 aromatic carbocycles. The lowest BCUT2D eigenvalue weighted by Crippen LogP contribution is -1.79. The number of allylic oxidation sites excluding steroid dienone is 2. The third kappa shape index (κ3) is 1.000. The van der Waals surface area contributed by atoms with Gasteiger partial charge < -0.3 is 0 Å². The molecule has 0 amide bonds. The fourth-order valence-corrected chi connectivity index (χ4v) is 0.466. The van der Waals surface area contributed by atoms with Crippen LogP contribution in [0.25, 0.3) is 0 Å². The molecule has 1 aliphatic rings. The van der Waals surface area contributed by atoms with E-state index in [1.54, 1.807) is 6.21 Å². The number of nitrogens with zero attached hydrogens (tertiary/aromatic N) is 1. The lowest BCUT2D eigenvalue weighted by Gasteiger charge is -1.94. The summed E-state index contributed by atoms with van der Waals surface area (Å²) < 4.78 is 0. The van der Waals surface area contributed by atoms with Crippen LogP contribution in [0.15, 0.2) is 29.4 Å². The summed E-state index contributed by atoms with van der Waals surface area (Å²) in [4.78, 5) is 3.92. The molecule has 0 N–H and O–H groups in total. The summed E-state index contributed by atoms with van der Waals surface area (Å²) in [5.41, 5.74) is 0.947. The van der Waals surface area contributed by atoms with E-state index in [1.165, 1.54) is 0 Å². The van der Waals surface area contributed by atoms with Crippen molar-refractivity contribution in [3.05, 3.63) is 24.4 Å². The first-order valence-corrected chi connectivity index (χ1v) is 2.26. The van der Waals surface area contributed by atoms with Crippen molar-refractivity contribution in [1.82, 2.24) is 0 Å². The highest BCUT2D eigenvalue weighted by atomic mass is 14.7. The molecular formula is C6H7N. The normalized spacial score (nSPS) is 18.0. The summed E-state index contributed by atoms with van der Waals surface area (Å²) in [5, 5.41) is 0. The summed E-state index contributed by atoms with van der Waals surface area (Å²) in [6, 6.07) is 0. The molecule has 1 heteroatoms. The molecule has 0 fully saturated rings. The molecule has 0 aromatic heterocycles. The first-order valence-electron chi connectivity index (χ1n) is 2.26. The molecule has 36 valence electrons. The Morgan fingerprint density at radius 3 is 2.86 bits per heavy atom. The second kappa shape index (κ2) is 1.73. The molecule has 0 saturated heterocycles. The van der Waals surface area contributed by atoms with Crippen molar-refractivity contribution in [2.75, 3.05) is 0 Å². The minimum Gasteiger partial charge on any atom is -0.262 e. The SMILES string of the molecule is C=C1CC=CC=N1. The van der Waals surface area contributed by atoms with Crippen LogP contribution in [0, 0.1) is 0 Å². The minimum absolute atomic E-state index is 0.913. The Labute approximate surface area is 43.1 Å². The summed E-state index contributed by atoms with van der Waals surface area (Å²) in [6.45, 7) is 3.66. The largest absolute Gasteiger partial charge is 0.262 e. The lowest BCUT2D eigenvalue weighted by molar-refractivity contribution is 1.17. The maximum atomic E-state index is 3.92. The quantitative estimate of drug-likeness (QED) is 0.430. The van der Waals surface area contributed by atoms with E-state index in [0.717, 1.165) is 12.1 Å². The van der Waals surface area contributed by atoms with Gasteiger partial charge in [0.25, 0.3) is 0 Å². The Kier molecular flexibility index (Phi) is 1.07. The van der Waals surface area contributed by atoms with Gasteiger partial charge in [-0.25, -0.2) is 0 Å². The van der Waals surface area contributed by atoms with Gasteiger partial charge in [0.1, 0.15) is 0 Å². The van der Waals surface area contributed by atoms with Crippen LogP contribution in [-0.2, 0) is 0 Å². The molecule has 7 heavy (non-hydrogen) atoms. The highest BCUT2D eigenvalue weighted by Crippen LogP contribution is 2.02. The maximum Gasteiger partial charge on any atom is 0.0369 e. The first kappa shape index (κ1) is 4.31. The summed E-state index contributed by atoms with van der Waals surface area (Å²) >= 11 is 0. The van der Waals surface area contributed by atoms with E-state index in [1.807, 2.05) is 12.2 Å². The molecule has 0 aromatic rings. The molecule has 0 saturated carbocycles. The van der Waals surface area contributed by atoms with Crippen molar-refractivity contribution in [1.29, 1.82) is 0 Å². The maximum absolute atomic E-state index is 3.92. The van der Waals surface area contributed by atoms with E-state index >= 15 is 0 Å². The predicted octanol–water partition coefficient (Wildman–Crippen LogP) is 1.53. The zero-order valence-corrected chi connectivity index (χ0v) is 4.09. The van der Waals surface area contributed by atoms with Crippen LogP contribution in [0.3, 0.4) is 0 Å². The topological polar surface area (TPSA) is 12.4 Å². The molecule has 0 bridgehead atoms. The van der Waals surface area contributed by atoms with E-state index in [0.29, 0.717) is 0 Å². The first-order chi connectivity index (χ1) is 3.39. The van der Waals surface area contributed by atoms with Gasteiger partial charge in [-0.1, -0.05) is 12.7 Å². The molecule has 0 unspecified atom stereocenters. The van der Waals surface area contributed by atoms with E-state index < -0.39 is 0 Å². The van der Waals surface area contributed by atoms with Crippen molar-refractivity contribution in [2.45, 2.75) is 6.42 Å². The molecule has 1 rings (SSSR count). The fraction of sp³-hybridized carbons (Fsp3) is 0.167. The molecular weight excluding hydrogens is 86.1 g/mol. The predicted molar refractivity (Wildman–Crippen MR) is 31.4 cm³/mol. The van der Waals surface area contributed by atoms with Crippen molar-refractivity contribution >= 4 is 6.21 Å². The van der Waals surface area contributed by atoms with Gasteiger partial charge in [-0.05, 0) is 6.08 Å². The van der Waals surface area contributed by atoms with Gasteiger partial charge in [-0.15, -0.1) is 0 Å². The van der Waals surface area contributed by atoms with Gasteiger partial charge >= 0.3 is 0 Å². The smallest absolute Gasteiger partial charge is 0.0369 e. The van der Waals surface area contributed by atoms with Gasteiger partial charge in [-0.3, -0.25) is 4.99 Å². The van der Waals surface area contributed by atoms with Gasteiger partial charge in [0, 0.05) is 18.3 Å². The van der Waals surface area contributed by atoms with Crippen LogP contribution < -0.4 is 0 Å². The Balaban J connectivity index is 2.66. The van der Waals surface area contributed by atoms with Crippen molar-refractivity contribution in [3.8, 4) is 0 Å². The van der Waals surface area contributed by atoms with Crippen LogP contribution >= 0.6 is 0 Å². The summed E-state index contributed by atoms with van der Waals surface area (Å²) in [7, 11) is 0. The van der Waals surface area contributed by atoms with Gasteiger partial charge in [0.2, 0.25) is 0 Å². The third-order valence-electron chi connectivity index (χ3n) is 0.833. The fourth-order valence-electron chi connectivity index (χ4n) is 0.466. The summed E-state index contributed by atoms with van der Waals surface area (Å²) in [6.07, 6.45) is 6.63. The van der Waals surface area contributed by atoms with Crippen LogP contribution in [0.5, 0.6) is 0 Å². The third-order valence-corrected chi connectivity index (χ3v) is 0.833. The lowest BCUT2D eigenvalue weighted by atomic mass is 10.3. The molecule has 1 aliphatic heterocycles. The average molecular weight is 93.1 g/mol. The van der Waals surface area contributed by atoms with E-state index in [9.17, 15) is 0 Å². The van der Waals surface area contributed by atoms with Crippen LogP contribution in [0.2, 0.25) is 0 Å². The molecule has 0 aliphatic carbocycles. The van der Waals surface area contributed by atoms with E-state index in [2.05, 4.69) is 11.6 Å². The Bertz CT molecular complexity index is 131. The van der Waals surface area contributed by atoms with Crippen molar-refractivity contribution in [3.63, 3.8) is 0 Å². The Morgan fingerprint density at radius 2 is 2.57 bits per heavy atom. The molecule has 1 nitrogen and oxygen atoms in total. The number of dihydropyridines is 1. The molecule has 0 atom stereocenters. The summed E-state index contributed by atoms with van der Waals surface area (Å²) in [5.74, 6) is 0. The van der Waals surface area contributed by atoms with Gasteiger partial charge in [0.05, 0.1) is 0 Å². The number of aliphatic imine (C=N–C) groups is 1. The van der Waals surface area contributed by atoms with Gasteiger partial charge in [-0.2, -0.15) is 0 Å². The van der Waals surface area contributed by atoms with Crippen LogP contribution in [0.1, 0.15) is 6.42 Å². The van der Waals surface area contributed by atoms with Crippen molar-refractivity contribution < 1.29 is 0 Å². The minimum atomic E-state index is 0.913. The van der Waals surface area contributed by atoms with Gasteiger partial charge in [0.15, 0.2) is 0 Å². The highest BCUT2D eigenvalue weighted by Gasteiger charge is 1.86. The molecule has 0 radical (unpaired) electrons. The zero-order chi connectivity index (χ0) is 5.11. The highest BCUT2D eigenvalue weighted by molar-refractivity contribution is 5.73. The van der Waals surface area contributed by atoms with E-state index in [-0.39, 0.29) is 0 Å². The second-order valence-electron chi connectivity index (χ2n) is 1.48. The molecule has 1 heterocycles. The number of rotatable bonds is 0.